The third-order valence-corrected chi connectivity index (χ3v) is 3.08. The van der Waals surface area contributed by atoms with Gasteiger partial charge in [0.15, 0.2) is 0 Å². The lowest BCUT2D eigenvalue weighted by Crippen LogP contribution is -2.34. The molecule has 0 N–H and O–H groups in total. The molecular weight excluding hydrogens is 193 g/mol. The minimum absolute atomic E-state index is 0.00796. The highest BCUT2D eigenvalue weighted by atomic mass is 19.4. The van der Waals surface area contributed by atoms with Crippen molar-refractivity contribution in [1.29, 1.82) is 0 Å². The largest absolute Gasteiger partial charge is 0.495 e. The summed E-state index contributed by atoms with van der Waals surface area (Å²) in [4.78, 5) is 0. The van der Waals surface area contributed by atoms with Gasteiger partial charge in [-0.15, -0.1) is 0 Å². The quantitative estimate of drug-likeness (QED) is 0.591. The molecule has 2 aliphatic rings. The maximum absolute atomic E-state index is 12.4. The smallest absolute Gasteiger partial charge is 0.391 e. The van der Waals surface area contributed by atoms with E-state index in [9.17, 15) is 13.2 Å². The molecule has 1 aliphatic carbocycles. The van der Waals surface area contributed by atoms with Crippen LogP contribution in [0.1, 0.15) is 26.2 Å². The van der Waals surface area contributed by atoms with Crippen LogP contribution in [0.3, 0.4) is 0 Å². The third kappa shape index (κ3) is 1.74. The average molecular weight is 206 g/mol. The van der Waals surface area contributed by atoms with Gasteiger partial charge in [0, 0.05) is 5.92 Å². The van der Waals surface area contributed by atoms with Crippen molar-refractivity contribution in [2.75, 3.05) is 0 Å². The molecule has 3 atom stereocenters. The summed E-state index contributed by atoms with van der Waals surface area (Å²) in [5.41, 5.74) is 0. The van der Waals surface area contributed by atoms with Crippen LogP contribution in [0.2, 0.25) is 0 Å². The zero-order valence-electron chi connectivity index (χ0n) is 7.97. The van der Waals surface area contributed by atoms with E-state index < -0.39 is 12.1 Å². The molecule has 4 heteroatoms. The van der Waals surface area contributed by atoms with Gasteiger partial charge in [0.05, 0.1) is 11.7 Å². The Labute approximate surface area is 80.9 Å². The van der Waals surface area contributed by atoms with Crippen molar-refractivity contribution in [3.8, 4) is 0 Å². The predicted octanol–water partition coefficient (Wildman–Crippen LogP) is 3.27. The Morgan fingerprint density at radius 2 is 2.07 bits per heavy atom. The lowest BCUT2D eigenvalue weighted by molar-refractivity contribution is -0.188. The summed E-state index contributed by atoms with van der Waals surface area (Å²) in [5, 5.41) is 0. The molecule has 1 nitrogen and oxygen atoms in total. The molecule has 0 aromatic rings. The van der Waals surface area contributed by atoms with Gasteiger partial charge in [0.25, 0.3) is 0 Å². The number of hydrogen-bond acceptors (Lipinski definition) is 1. The van der Waals surface area contributed by atoms with Gasteiger partial charge in [-0.1, -0.05) is 0 Å². The average Bonchev–Trinajstić information content (AvgIpc) is 2.41. The number of hydrogen-bond donors (Lipinski definition) is 0. The van der Waals surface area contributed by atoms with Gasteiger partial charge >= 0.3 is 6.18 Å². The second kappa shape index (κ2) is 3.17. The predicted molar refractivity (Wildman–Crippen MR) is 45.5 cm³/mol. The minimum Gasteiger partial charge on any atom is -0.495 e. The summed E-state index contributed by atoms with van der Waals surface area (Å²) in [5.74, 6) is -0.368. The fourth-order valence-electron chi connectivity index (χ4n) is 2.38. The molecule has 1 saturated carbocycles. The molecule has 1 aliphatic heterocycles. The number of ether oxygens (including phenoxy) is 1. The molecule has 2 rings (SSSR count). The van der Waals surface area contributed by atoms with Crippen LogP contribution in [0.25, 0.3) is 0 Å². The number of alkyl halides is 3. The molecule has 1 fully saturated rings. The normalized spacial score (nSPS) is 37.4. The maximum Gasteiger partial charge on any atom is 0.391 e. The lowest BCUT2D eigenvalue weighted by atomic mass is 9.80. The Morgan fingerprint density at radius 3 is 2.71 bits per heavy atom. The Bertz CT molecular complexity index is 257. The standard InChI is InChI=1S/C10H13F3O/c1-6-4-7-5-8(10(11,12)13)2-3-9(7)14-6/h4,7-9H,2-3,5H2,1H3/t7-,8?,9?/m0/s1. The van der Waals surface area contributed by atoms with Crippen LogP contribution >= 0.6 is 0 Å². The molecule has 0 radical (unpaired) electrons. The molecule has 0 spiro atoms. The first-order chi connectivity index (χ1) is 6.47. The summed E-state index contributed by atoms with van der Waals surface area (Å²) in [7, 11) is 0. The third-order valence-electron chi connectivity index (χ3n) is 3.08. The van der Waals surface area contributed by atoms with Crippen molar-refractivity contribution >= 4 is 0 Å². The minimum atomic E-state index is -4.03. The molecule has 0 saturated heterocycles. The summed E-state index contributed by atoms with van der Waals surface area (Å²) in [6.45, 7) is 1.81. The zero-order chi connectivity index (χ0) is 10.3. The van der Waals surface area contributed by atoms with Crippen molar-refractivity contribution in [3.63, 3.8) is 0 Å². The van der Waals surface area contributed by atoms with Crippen molar-refractivity contribution in [2.45, 2.75) is 38.5 Å². The van der Waals surface area contributed by atoms with Gasteiger partial charge < -0.3 is 4.74 Å². The van der Waals surface area contributed by atoms with E-state index in [1.807, 2.05) is 6.08 Å². The first-order valence-corrected chi connectivity index (χ1v) is 4.88. The Balaban J connectivity index is 2.03. The van der Waals surface area contributed by atoms with Gasteiger partial charge in [-0.3, -0.25) is 0 Å². The second-order valence-electron chi connectivity index (χ2n) is 4.15. The van der Waals surface area contributed by atoms with Crippen LogP contribution in [0.5, 0.6) is 0 Å². The van der Waals surface area contributed by atoms with E-state index in [1.54, 1.807) is 6.92 Å². The molecule has 0 aromatic carbocycles. The van der Waals surface area contributed by atoms with Gasteiger partial charge in [0.2, 0.25) is 0 Å². The Morgan fingerprint density at radius 1 is 1.36 bits per heavy atom. The molecule has 80 valence electrons. The van der Waals surface area contributed by atoms with Crippen LogP contribution in [0.15, 0.2) is 11.8 Å². The Hall–Kier alpha value is -0.670. The summed E-state index contributed by atoms with van der Waals surface area (Å²) in [6, 6.07) is 0. The molecule has 0 bridgehead atoms. The lowest BCUT2D eigenvalue weighted by Gasteiger charge is -2.31. The van der Waals surface area contributed by atoms with Crippen molar-refractivity contribution in [2.24, 2.45) is 11.8 Å². The van der Waals surface area contributed by atoms with Crippen LogP contribution in [-0.2, 0) is 4.74 Å². The van der Waals surface area contributed by atoms with E-state index >= 15 is 0 Å². The van der Waals surface area contributed by atoms with E-state index in [2.05, 4.69) is 0 Å². The first kappa shape index (κ1) is 9.87. The topological polar surface area (TPSA) is 9.23 Å². The van der Waals surface area contributed by atoms with Crippen LogP contribution in [-0.4, -0.2) is 12.3 Å². The summed E-state index contributed by atoms with van der Waals surface area (Å²) >= 11 is 0. The summed E-state index contributed by atoms with van der Waals surface area (Å²) in [6.07, 6.45) is -1.24. The fourth-order valence-corrected chi connectivity index (χ4v) is 2.38. The second-order valence-corrected chi connectivity index (χ2v) is 4.15. The van der Waals surface area contributed by atoms with Gasteiger partial charge in [-0.05, 0) is 32.3 Å². The Kier molecular flexibility index (Phi) is 2.24. The molecule has 2 unspecified atom stereocenters. The molecular formula is C10H13F3O. The number of fused-ring (bicyclic) bond motifs is 1. The van der Waals surface area contributed by atoms with Gasteiger partial charge in [-0.2, -0.15) is 13.2 Å². The van der Waals surface area contributed by atoms with E-state index in [1.165, 1.54) is 0 Å². The van der Waals surface area contributed by atoms with Crippen LogP contribution < -0.4 is 0 Å². The van der Waals surface area contributed by atoms with Crippen molar-refractivity contribution in [1.82, 2.24) is 0 Å². The van der Waals surface area contributed by atoms with E-state index in [0.717, 1.165) is 5.76 Å². The van der Waals surface area contributed by atoms with E-state index in [0.29, 0.717) is 6.42 Å². The van der Waals surface area contributed by atoms with E-state index in [-0.39, 0.29) is 24.9 Å². The maximum atomic E-state index is 12.4. The highest BCUT2D eigenvalue weighted by Gasteiger charge is 2.46. The molecule has 14 heavy (non-hydrogen) atoms. The zero-order valence-corrected chi connectivity index (χ0v) is 7.97. The number of halogens is 3. The van der Waals surface area contributed by atoms with E-state index in [4.69, 9.17) is 4.74 Å². The SMILES string of the molecule is CC1=C[C@H]2CC(C(F)(F)F)CCC2O1. The first-order valence-electron chi connectivity index (χ1n) is 4.88. The molecule has 0 aromatic heterocycles. The highest BCUT2D eigenvalue weighted by Crippen LogP contribution is 2.44. The number of rotatable bonds is 0. The van der Waals surface area contributed by atoms with Crippen LogP contribution in [0.4, 0.5) is 13.2 Å². The van der Waals surface area contributed by atoms with Crippen molar-refractivity contribution < 1.29 is 17.9 Å². The summed E-state index contributed by atoms with van der Waals surface area (Å²) < 4.78 is 42.7. The monoisotopic (exact) mass is 206 g/mol. The highest BCUT2D eigenvalue weighted by molar-refractivity contribution is 5.06. The van der Waals surface area contributed by atoms with Gasteiger partial charge in [0.1, 0.15) is 6.10 Å². The number of allylic oxidation sites excluding steroid dienone is 1. The van der Waals surface area contributed by atoms with Crippen molar-refractivity contribution in [3.05, 3.63) is 11.8 Å². The fraction of sp³-hybridized carbons (Fsp3) is 0.800. The molecule has 1 heterocycles. The van der Waals surface area contributed by atoms with Crippen LogP contribution in [0, 0.1) is 11.8 Å². The van der Waals surface area contributed by atoms with Gasteiger partial charge in [-0.25, -0.2) is 0 Å². The molecule has 0 amide bonds.